The van der Waals surface area contributed by atoms with Crippen LogP contribution < -0.4 is 14.8 Å². The normalized spacial score (nSPS) is 11.1. The Bertz CT molecular complexity index is 1570. The number of benzene rings is 3. The number of carbonyl (C=O) groups excluding carboxylic acids is 1. The highest BCUT2D eigenvalue weighted by molar-refractivity contribution is 9.10. The van der Waals surface area contributed by atoms with E-state index in [9.17, 15) is 20.0 Å². The first-order chi connectivity index (χ1) is 18.4. The number of para-hydroxylation sites is 1. The van der Waals surface area contributed by atoms with Gasteiger partial charge in [-0.3, -0.25) is 4.79 Å². The molecule has 1 amide bonds. The van der Waals surface area contributed by atoms with E-state index in [2.05, 4.69) is 26.2 Å². The van der Waals surface area contributed by atoms with E-state index in [0.717, 1.165) is 16.5 Å². The average Bonchev–Trinajstić information content (AvgIpc) is 3.34. The van der Waals surface area contributed by atoms with Gasteiger partial charge in [0.25, 0.3) is 5.91 Å². The summed E-state index contributed by atoms with van der Waals surface area (Å²) in [6.45, 7) is 0.501. The number of nitrogens with one attached hydrogen (secondary N) is 2. The molecule has 3 aromatic carbocycles. The number of aromatic carboxylic acids is 1. The van der Waals surface area contributed by atoms with Gasteiger partial charge >= 0.3 is 5.97 Å². The molecule has 0 fully saturated rings. The third-order valence-corrected chi connectivity index (χ3v) is 6.56. The summed E-state index contributed by atoms with van der Waals surface area (Å²) in [6.07, 6.45) is 4.02. The highest BCUT2D eigenvalue weighted by Gasteiger charge is 2.14. The van der Waals surface area contributed by atoms with E-state index >= 15 is 0 Å². The number of carboxylic acid groups (broad SMARTS) is 1. The molecule has 0 atom stereocenters. The minimum atomic E-state index is -1.02. The van der Waals surface area contributed by atoms with Crippen LogP contribution in [0, 0.1) is 11.3 Å². The summed E-state index contributed by atoms with van der Waals surface area (Å²) in [5, 5.41) is 22.7. The predicted octanol–water partition coefficient (Wildman–Crippen LogP) is 5.48. The standard InChI is InChI=1S/C29H24BrN3O5/c1-37-26-13-21(24(30)14-27(26)38-17-18-5-4-6-19(11-18)29(35)36)12-22(15-31)28(34)32-10-9-20-16-33-25-8-3-2-7-23(20)25/h2-8,11-14,16,33H,9-10,17H2,1H3,(H,32,34)(H,35,36)/b22-12-. The number of rotatable bonds is 10. The fourth-order valence-electron chi connectivity index (χ4n) is 3.94. The van der Waals surface area contributed by atoms with Crippen molar-refractivity contribution in [3.63, 3.8) is 0 Å². The highest BCUT2D eigenvalue weighted by Crippen LogP contribution is 2.35. The van der Waals surface area contributed by atoms with Crippen molar-refractivity contribution >= 4 is 44.8 Å². The van der Waals surface area contributed by atoms with Crippen LogP contribution in [-0.2, 0) is 17.8 Å². The molecule has 0 aliphatic heterocycles. The lowest BCUT2D eigenvalue weighted by atomic mass is 10.1. The van der Waals surface area contributed by atoms with Crippen molar-refractivity contribution in [2.24, 2.45) is 0 Å². The minimum absolute atomic E-state index is 0.0502. The number of nitriles is 1. The maximum Gasteiger partial charge on any atom is 0.335 e. The number of aromatic amines is 1. The van der Waals surface area contributed by atoms with Gasteiger partial charge in [-0.15, -0.1) is 0 Å². The van der Waals surface area contributed by atoms with Crippen LogP contribution in [0.2, 0.25) is 0 Å². The van der Waals surface area contributed by atoms with Crippen molar-refractivity contribution in [3.05, 3.63) is 99.2 Å². The van der Waals surface area contributed by atoms with Gasteiger partial charge in [0.05, 0.1) is 12.7 Å². The quantitative estimate of drug-likeness (QED) is 0.170. The highest BCUT2D eigenvalue weighted by atomic mass is 79.9. The molecule has 0 aliphatic carbocycles. The minimum Gasteiger partial charge on any atom is -0.493 e. The lowest BCUT2D eigenvalue weighted by Gasteiger charge is -2.13. The monoisotopic (exact) mass is 573 g/mol. The van der Waals surface area contributed by atoms with Crippen LogP contribution >= 0.6 is 15.9 Å². The summed E-state index contributed by atoms with van der Waals surface area (Å²) >= 11 is 3.47. The van der Waals surface area contributed by atoms with Crippen LogP contribution in [0.1, 0.15) is 27.0 Å². The van der Waals surface area contributed by atoms with Crippen LogP contribution in [0.5, 0.6) is 11.5 Å². The summed E-state index contributed by atoms with van der Waals surface area (Å²) in [7, 11) is 1.48. The number of H-pyrrole nitrogens is 1. The number of fused-ring (bicyclic) bond motifs is 1. The Labute approximate surface area is 227 Å². The SMILES string of the molecule is COc1cc(/C=C(/C#N)C(=O)NCCc2c[nH]c3ccccc23)c(Br)cc1OCc1cccc(C(=O)O)c1. The van der Waals surface area contributed by atoms with Gasteiger partial charge in [0.15, 0.2) is 11.5 Å². The van der Waals surface area contributed by atoms with Crippen molar-refractivity contribution < 1.29 is 24.2 Å². The second kappa shape index (κ2) is 12.1. The van der Waals surface area contributed by atoms with E-state index in [1.165, 1.54) is 25.3 Å². The number of hydrogen-bond acceptors (Lipinski definition) is 5. The molecule has 4 aromatic rings. The largest absolute Gasteiger partial charge is 0.493 e. The maximum atomic E-state index is 12.7. The van der Waals surface area contributed by atoms with E-state index in [0.29, 0.717) is 40.1 Å². The Hall–Kier alpha value is -4.55. The molecule has 1 heterocycles. The van der Waals surface area contributed by atoms with Crippen molar-refractivity contribution in [1.29, 1.82) is 5.26 Å². The number of methoxy groups -OCH3 is 1. The number of hydrogen-bond donors (Lipinski definition) is 3. The van der Waals surface area contributed by atoms with E-state index in [-0.39, 0.29) is 17.7 Å². The number of halogens is 1. The second-order valence-corrected chi connectivity index (χ2v) is 9.21. The molecule has 192 valence electrons. The lowest BCUT2D eigenvalue weighted by Crippen LogP contribution is -2.26. The van der Waals surface area contributed by atoms with E-state index in [4.69, 9.17) is 9.47 Å². The van der Waals surface area contributed by atoms with Crippen LogP contribution in [0.4, 0.5) is 0 Å². The van der Waals surface area contributed by atoms with E-state index in [1.54, 1.807) is 24.3 Å². The molecule has 0 bridgehead atoms. The summed E-state index contributed by atoms with van der Waals surface area (Å²) < 4.78 is 11.9. The zero-order valence-corrected chi connectivity index (χ0v) is 22.0. The number of ether oxygens (including phenoxy) is 2. The number of amides is 1. The van der Waals surface area contributed by atoms with Crippen molar-refractivity contribution in [2.45, 2.75) is 13.0 Å². The van der Waals surface area contributed by atoms with Crippen LogP contribution in [0.25, 0.3) is 17.0 Å². The Morgan fingerprint density at radius 3 is 2.71 bits per heavy atom. The zero-order chi connectivity index (χ0) is 27.1. The molecular formula is C29H24BrN3O5. The van der Waals surface area contributed by atoms with Crippen molar-refractivity contribution in [3.8, 4) is 17.6 Å². The van der Waals surface area contributed by atoms with Crippen molar-refractivity contribution in [1.82, 2.24) is 10.3 Å². The van der Waals surface area contributed by atoms with Gasteiger partial charge in [-0.05, 0) is 59.5 Å². The molecule has 0 radical (unpaired) electrons. The molecule has 0 spiro atoms. The van der Waals surface area contributed by atoms with Gasteiger partial charge in [-0.2, -0.15) is 5.26 Å². The molecule has 0 saturated heterocycles. The number of carbonyl (C=O) groups is 2. The zero-order valence-electron chi connectivity index (χ0n) is 20.5. The molecule has 3 N–H and O–H groups in total. The van der Waals surface area contributed by atoms with Crippen molar-refractivity contribution in [2.75, 3.05) is 13.7 Å². The number of carboxylic acids is 1. The van der Waals surface area contributed by atoms with Gasteiger partial charge in [0, 0.05) is 28.1 Å². The Morgan fingerprint density at radius 2 is 1.95 bits per heavy atom. The molecule has 1 aromatic heterocycles. The summed E-state index contributed by atoms with van der Waals surface area (Å²) in [6, 6.07) is 19.7. The van der Waals surface area contributed by atoms with Crippen LogP contribution in [-0.4, -0.2) is 35.6 Å². The van der Waals surface area contributed by atoms with Crippen LogP contribution in [0.3, 0.4) is 0 Å². The van der Waals surface area contributed by atoms with Gasteiger partial charge in [0.1, 0.15) is 18.2 Å². The average molecular weight is 574 g/mol. The van der Waals surface area contributed by atoms with Gasteiger partial charge in [0.2, 0.25) is 0 Å². The molecular weight excluding hydrogens is 550 g/mol. The van der Waals surface area contributed by atoms with Gasteiger partial charge < -0.3 is 24.9 Å². The topological polar surface area (TPSA) is 124 Å². The van der Waals surface area contributed by atoms with E-state index in [1.807, 2.05) is 36.5 Å². The first-order valence-electron chi connectivity index (χ1n) is 11.7. The van der Waals surface area contributed by atoms with Gasteiger partial charge in [-0.25, -0.2) is 4.79 Å². The smallest absolute Gasteiger partial charge is 0.335 e. The lowest BCUT2D eigenvalue weighted by molar-refractivity contribution is -0.117. The molecule has 0 saturated carbocycles. The summed E-state index contributed by atoms with van der Waals surface area (Å²) in [5.41, 5.74) is 3.48. The Morgan fingerprint density at radius 1 is 1.13 bits per heavy atom. The van der Waals surface area contributed by atoms with E-state index < -0.39 is 11.9 Å². The van der Waals surface area contributed by atoms with Crippen LogP contribution in [0.15, 0.2) is 76.9 Å². The first kappa shape index (κ1) is 26.5. The molecule has 4 rings (SSSR count). The summed E-state index contributed by atoms with van der Waals surface area (Å²) in [5.74, 6) is -0.680. The number of nitrogens with zero attached hydrogens (tertiary/aromatic N) is 1. The fourth-order valence-corrected chi connectivity index (χ4v) is 4.37. The molecule has 8 nitrogen and oxygen atoms in total. The Balaban J connectivity index is 1.44. The maximum absolute atomic E-state index is 12.7. The fraction of sp³-hybridized carbons (Fsp3) is 0.138. The molecule has 38 heavy (non-hydrogen) atoms. The third-order valence-electron chi connectivity index (χ3n) is 5.87. The molecule has 0 unspecified atom stereocenters. The third kappa shape index (κ3) is 6.22. The summed E-state index contributed by atoms with van der Waals surface area (Å²) in [4.78, 5) is 27.1. The second-order valence-electron chi connectivity index (χ2n) is 8.35. The number of aromatic nitrogens is 1. The van der Waals surface area contributed by atoms with Gasteiger partial charge in [-0.1, -0.05) is 46.3 Å². The Kier molecular flexibility index (Phi) is 8.46. The molecule has 0 aliphatic rings. The molecule has 9 heteroatoms. The predicted molar refractivity (Wildman–Crippen MR) is 147 cm³/mol. The first-order valence-corrected chi connectivity index (χ1v) is 12.5.